The number of hydrogen-bond donors (Lipinski definition) is 1. The predicted molar refractivity (Wildman–Crippen MR) is 85.0 cm³/mol. The summed E-state index contributed by atoms with van der Waals surface area (Å²) in [5.74, 6) is 0.575. The van der Waals surface area contributed by atoms with E-state index in [0.29, 0.717) is 0 Å². The molecule has 0 aromatic heterocycles. The quantitative estimate of drug-likeness (QED) is 0.826. The molecule has 2 aromatic rings. The van der Waals surface area contributed by atoms with Crippen LogP contribution in [-0.4, -0.2) is 11.8 Å². The molecular formula is C16H17ClFNS. The average molecular weight is 310 g/mol. The Labute approximate surface area is 128 Å². The number of nitrogens with two attached hydrogens (primary N) is 1. The molecule has 1 atom stereocenters. The molecule has 1 unspecified atom stereocenters. The van der Waals surface area contributed by atoms with E-state index in [9.17, 15) is 4.39 Å². The second kappa shape index (κ2) is 7.11. The highest BCUT2D eigenvalue weighted by atomic mass is 35.5. The highest BCUT2D eigenvalue weighted by Crippen LogP contribution is 2.27. The minimum absolute atomic E-state index is 0.0143. The van der Waals surface area contributed by atoms with Crippen molar-refractivity contribution in [2.75, 3.05) is 5.75 Å². The van der Waals surface area contributed by atoms with Gasteiger partial charge in [0, 0.05) is 16.7 Å². The summed E-state index contributed by atoms with van der Waals surface area (Å²) in [6, 6.07) is 12.6. The van der Waals surface area contributed by atoms with Crippen molar-refractivity contribution >= 4 is 23.4 Å². The van der Waals surface area contributed by atoms with Gasteiger partial charge in [-0.25, -0.2) is 4.39 Å². The zero-order valence-electron chi connectivity index (χ0n) is 11.3. The van der Waals surface area contributed by atoms with E-state index in [-0.39, 0.29) is 11.9 Å². The van der Waals surface area contributed by atoms with Gasteiger partial charge in [0.1, 0.15) is 5.82 Å². The number of benzene rings is 2. The Bertz CT molecular complexity index is 588. The van der Waals surface area contributed by atoms with Crippen molar-refractivity contribution in [3.63, 3.8) is 0 Å². The second-order valence-corrected chi connectivity index (χ2v) is 6.25. The van der Waals surface area contributed by atoms with E-state index in [1.54, 1.807) is 17.8 Å². The fraction of sp³-hybridized carbons (Fsp3) is 0.250. The molecule has 0 amide bonds. The third-order valence-corrected chi connectivity index (χ3v) is 4.78. The van der Waals surface area contributed by atoms with Crippen molar-refractivity contribution in [3.05, 3.63) is 64.4 Å². The van der Waals surface area contributed by atoms with Crippen LogP contribution in [0, 0.1) is 12.7 Å². The SMILES string of the molecule is Cc1cc(F)ccc1CC(N)CSc1ccccc1Cl. The molecule has 106 valence electrons. The number of hydrogen-bond acceptors (Lipinski definition) is 2. The van der Waals surface area contributed by atoms with Crippen LogP contribution in [0.25, 0.3) is 0 Å². The minimum atomic E-state index is -0.203. The molecule has 0 fully saturated rings. The highest BCUT2D eigenvalue weighted by molar-refractivity contribution is 7.99. The molecule has 0 heterocycles. The standard InChI is InChI=1S/C16H17ClFNS/c1-11-8-13(18)7-6-12(11)9-14(19)10-20-16-5-3-2-4-15(16)17/h2-8,14H,9-10,19H2,1H3. The summed E-state index contributed by atoms with van der Waals surface area (Å²) in [4.78, 5) is 1.04. The molecule has 1 nitrogen and oxygen atoms in total. The van der Waals surface area contributed by atoms with Gasteiger partial charge in [0.25, 0.3) is 0 Å². The Balaban J connectivity index is 1.92. The maximum absolute atomic E-state index is 13.0. The Hall–Kier alpha value is -1.03. The average Bonchev–Trinajstić information content (AvgIpc) is 2.41. The van der Waals surface area contributed by atoms with Gasteiger partial charge in [-0.15, -0.1) is 11.8 Å². The molecule has 0 aliphatic rings. The van der Waals surface area contributed by atoms with Gasteiger partial charge in [-0.1, -0.05) is 29.8 Å². The molecule has 0 aliphatic heterocycles. The van der Waals surface area contributed by atoms with Gasteiger partial charge in [0.15, 0.2) is 0 Å². The Morgan fingerprint density at radius 3 is 2.70 bits per heavy atom. The second-order valence-electron chi connectivity index (χ2n) is 4.78. The summed E-state index contributed by atoms with van der Waals surface area (Å²) in [5, 5.41) is 0.752. The molecule has 20 heavy (non-hydrogen) atoms. The molecule has 0 saturated heterocycles. The van der Waals surface area contributed by atoms with Crippen molar-refractivity contribution in [1.82, 2.24) is 0 Å². The van der Waals surface area contributed by atoms with Gasteiger partial charge in [-0.05, 0) is 48.7 Å². The summed E-state index contributed by atoms with van der Waals surface area (Å²) in [5.41, 5.74) is 8.20. The number of halogens is 2. The monoisotopic (exact) mass is 309 g/mol. The van der Waals surface area contributed by atoms with Crippen molar-refractivity contribution in [1.29, 1.82) is 0 Å². The van der Waals surface area contributed by atoms with E-state index in [0.717, 1.165) is 33.2 Å². The fourth-order valence-electron chi connectivity index (χ4n) is 1.99. The fourth-order valence-corrected chi connectivity index (χ4v) is 3.18. The number of aryl methyl sites for hydroxylation is 1. The molecule has 0 spiro atoms. The van der Waals surface area contributed by atoms with Crippen LogP contribution in [0.1, 0.15) is 11.1 Å². The van der Waals surface area contributed by atoms with E-state index < -0.39 is 0 Å². The number of rotatable bonds is 5. The largest absolute Gasteiger partial charge is 0.327 e. The van der Waals surface area contributed by atoms with Crippen molar-refractivity contribution in [2.45, 2.75) is 24.3 Å². The van der Waals surface area contributed by atoms with Gasteiger partial charge in [0.05, 0.1) is 5.02 Å². The molecule has 4 heteroatoms. The summed E-state index contributed by atoms with van der Waals surface area (Å²) < 4.78 is 13.0. The van der Waals surface area contributed by atoms with Crippen LogP contribution in [0.2, 0.25) is 5.02 Å². The summed E-state index contributed by atoms with van der Waals surface area (Å²) in [6.45, 7) is 1.91. The van der Waals surface area contributed by atoms with Gasteiger partial charge in [-0.3, -0.25) is 0 Å². The molecule has 2 rings (SSSR count). The molecule has 0 aliphatic carbocycles. The summed E-state index contributed by atoms with van der Waals surface area (Å²) >= 11 is 7.76. The maximum Gasteiger partial charge on any atom is 0.123 e. The predicted octanol–water partition coefficient (Wildman–Crippen LogP) is 4.45. The van der Waals surface area contributed by atoms with Crippen LogP contribution < -0.4 is 5.73 Å². The third-order valence-electron chi connectivity index (χ3n) is 3.08. The van der Waals surface area contributed by atoms with E-state index in [4.69, 9.17) is 17.3 Å². The van der Waals surface area contributed by atoms with Crippen molar-refractivity contribution in [3.8, 4) is 0 Å². The van der Waals surface area contributed by atoms with E-state index in [1.165, 1.54) is 6.07 Å². The highest BCUT2D eigenvalue weighted by Gasteiger charge is 2.09. The van der Waals surface area contributed by atoms with Crippen molar-refractivity contribution in [2.24, 2.45) is 5.73 Å². The lowest BCUT2D eigenvalue weighted by atomic mass is 10.0. The molecule has 0 radical (unpaired) electrons. The lowest BCUT2D eigenvalue weighted by Crippen LogP contribution is -2.26. The first-order valence-corrected chi connectivity index (χ1v) is 7.80. The van der Waals surface area contributed by atoms with E-state index >= 15 is 0 Å². The first-order chi connectivity index (χ1) is 9.56. The zero-order valence-corrected chi connectivity index (χ0v) is 12.8. The van der Waals surface area contributed by atoms with Crippen LogP contribution in [0.5, 0.6) is 0 Å². The minimum Gasteiger partial charge on any atom is -0.327 e. The Kier molecular flexibility index (Phi) is 5.46. The van der Waals surface area contributed by atoms with Gasteiger partial charge in [-0.2, -0.15) is 0 Å². The lowest BCUT2D eigenvalue weighted by Gasteiger charge is -2.13. The van der Waals surface area contributed by atoms with Crippen LogP contribution in [0.4, 0.5) is 4.39 Å². The zero-order chi connectivity index (χ0) is 14.5. The summed E-state index contributed by atoms with van der Waals surface area (Å²) in [6.07, 6.45) is 0.740. The van der Waals surface area contributed by atoms with Crippen LogP contribution in [-0.2, 0) is 6.42 Å². The molecule has 2 N–H and O–H groups in total. The first kappa shape index (κ1) is 15.4. The van der Waals surface area contributed by atoms with Crippen LogP contribution in [0.3, 0.4) is 0 Å². The molecular weight excluding hydrogens is 293 g/mol. The molecule has 0 bridgehead atoms. The first-order valence-electron chi connectivity index (χ1n) is 6.44. The number of thioether (sulfide) groups is 1. The topological polar surface area (TPSA) is 26.0 Å². The van der Waals surface area contributed by atoms with E-state index in [1.807, 2.05) is 37.3 Å². The van der Waals surface area contributed by atoms with Gasteiger partial charge < -0.3 is 5.73 Å². The molecule has 0 saturated carbocycles. The Morgan fingerprint density at radius 2 is 2.00 bits per heavy atom. The Morgan fingerprint density at radius 1 is 1.25 bits per heavy atom. The van der Waals surface area contributed by atoms with Gasteiger partial charge in [0.2, 0.25) is 0 Å². The normalized spacial score (nSPS) is 12.4. The van der Waals surface area contributed by atoms with Crippen LogP contribution in [0.15, 0.2) is 47.4 Å². The summed E-state index contributed by atoms with van der Waals surface area (Å²) in [7, 11) is 0. The van der Waals surface area contributed by atoms with Crippen LogP contribution >= 0.6 is 23.4 Å². The third kappa shape index (κ3) is 4.23. The molecule has 2 aromatic carbocycles. The smallest absolute Gasteiger partial charge is 0.123 e. The van der Waals surface area contributed by atoms with Gasteiger partial charge >= 0.3 is 0 Å². The van der Waals surface area contributed by atoms with Crippen molar-refractivity contribution < 1.29 is 4.39 Å². The maximum atomic E-state index is 13.0. The lowest BCUT2D eigenvalue weighted by molar-refractivity contribution is 0.624. The van der Waals surface area contributed by atoms with E-state index in [2.05, 4.69) is 0 Å².